The smallest absolute Gasteiger partial charge is 0.101 e. The van der Waals surface area contributed by atoms with Crippen molar-refractivity contribution in [3.8, 4) is 0 Å². The number of hydrogen-bond acceptors (Lipinski definition) is 1. The quantitative estimate of drug-likeness (QED) is 0.598. The van der Waals surface area contributed by atoms with Crippen molar-refractivity contribution in [2.45, 2.75) is 25.4 Å². The summed E-state index contributed by atoms with van der Waals surface area (Å²) in [6, 6.07) is 0. The molecule has 0 spiro atoms. The second kappa shape index (κ2) is 3.72. The van der Waals surface area contributed by atoms with Crippen LogP contribution in [-0.2, 0) is 0 Å². The van der Waals surface area contributed by atoms with Crippen LogP contribution in [0.1, 0.15) is 19.3 Å². The van der Waals surface area contributed by atoms with Gasteiger partial charge in [-0.25, -0.2) is 4.39 Å². The lowest BCUT2D eigenvalue weighted by atomic mass is 9.90. The lowest BCUT2D eigenvalue weighted by Crippen LogP contribution is -2.33. The van der Waals surface area contributed by atoms with Gasteiger partial charge in [-0.1, -0.05) is 0 Å². The van der Waals surface area contributed by atoms with E-state index in [-0.39, 0.29) is 12.4 Å². The lowest BCUT2D eigenvalue weighted by Gasteiger charge is -2.25. The number of alkyl halides is 1. The van der Waals surface area contributed by atoms with Crippen molar-refractivity contribution in [2.75, 3.05) is 13.1 Å². The third kappa shape index (κ3) is 1.85. The summed E-state index contributed by atoms with van der Waals surface area (Å²) in [5, 5.41) is 3.31. The SMILES string of the molecule is Cl.FC1CC2CCNCC2C1. The van der Waals surface area contributed by atoms with Crippen LogP contribution < -0.4 is 5.32 Å². The first kappa shape index (κ1) is 9.27. The Kier molecular flexibility index (Phi) is 3.14. The molecule has 0 amide bonds. The van der Waals surface area contributed by atoms with Gasteiger partial charge in [-0.2, -0.15) is 0 Å². The maximum Gasteiger partial charge on any atom is 0.101 e. The van der Waals surface area contributed by atoms with E-state index >= 15 is 0 Å². The van der Waals surface area contributed by atoms with Crippen molar-refractivity contribution < 1.29 is 4.39 Å². The van der Waals surface area contributed by atoms with Crippen molar-refractivity contribution in [1.29, 1.82) is 0 Å². The predicted molar refractivity (Wildman–Crippen MR) is 45.8 cm³/mol. The average molecular weight is 180 g/mol. The van der Waals surface area contributed by atoms with Crippen molar-refractivity contribution in [2.24, 2.45) is 11.8 Å². The Bertz CT molecular complexity index is 117. The monoisotopic (exact) mass is 179 g/mol. The van der Waals surface area contributed by atoms with Crippen LogP contribution in [0, 0.1) is 11.8 Å². The summed E-state index contributed by atoms with van der Waals surface area (Å²) in [4.78, 5) is 0. The van der Waals surface area contributed by atoms with E-state index in [1.807, 2.05) is 0 Å². The van der Waals surface area contributed by atoms with Gasteiger partial charge in [-0.15, -0.1) is 12.4 Å². The van der Waals surface area contributed by atoms with Gasteiger partial charge in [-0.05, 0) is 44.2 Å². The molecule has 3 unspecified atom stereocenters. The number of rotatable bonds is 0. The Morgan fingerprint density at radius 2 is 1.91 bits per heavy atom. The van der Waals surface area contributed by atoms with Crippen LogP contribution in [0.3, 0.4) is 0 Å². The third-order valence-electron chi connectivity index (χ3n) is 2.88. The molecule has 1 aliphatic heterocycles. The zero-order valence-electron chi connectivity index (χ0n) is 6.55. The molecule has 1 nitrogen and oxygen atoms in total. The largest absolute Gasteiger partial charge is 0.316 e. The highest BCUT2D eigenvalue weighted by atomic mass is 35.5. The van der Waals surface area contributed by atoms with Gasteiger partial charge >= 0.3 is 0 Å². The molecule has 3 heteroatoms. The van der Waals surface area contributed by atoms with Gasteiger partial charge in [0.2, 0.25) is 0 Å². The highest BCUT2D eigenvalue weighted by Gasteiger charge is 2.35. The molecular formula is C8H15ClFN. The molecule has 0 aromatic carbocycles. The summed E-state index contributed by atoms with van der Waals surface area (Å²) in [7, 11) is 0. The predicted octanol–water partition coefficient (Wildman–Crippen LogP) is 1.77. The summed E-state index contributed by atoms with van der Waals surface area (Å²) in [5.41, 5.74) is 0. The highest BCUT2D eigenvalue weighted by molar-refractivity contribution is 5.85. The molecule has 0 bridgehead atoms. The van der Waals surface area contributed by atoms with Crippen molar-refractivity contribution in [1.82, 2.24) is 5.32 Å². The fourth-order valence-corrected chi connectivity index (χ4v) is 2.32. The van der Waals surface area contributed by atoms with Crippen LogP contribution in [0.5, 0.6) is 0 Å². The Morgan fingerprint density at radius 1 is 1.18 bits per heavy atom. The molecule has 1 saturated heterocycles. The Balaban J connectivity index is 0.000000605. The van der Waals surface area contributed by atoms with Gasteiger partial charge in [0.05, 0.1) is 0 Å². The maximum absolute atomic E-state index is 12.8. The Morgan fingerprint density at radius 3 is 2.64 bits per heavy atom. The first-order chi connectivity index (χ1) is 4.86. The van der Waals surface area contributed by atoms with E-state index in [1.54, 1.807) is 0 Å². The number of fused-ring (bicyclic) bond motifs is 1. The molecule has 2 fully saturated rings. The zero-order chi connectivity index (χ0) is 6.97. The summed E-state index contributed by atoms with van der Waals surface area (Å²) < 4.78 is 12.8. The van der Waals surface area contributed by atoms with Gasteiger partial charge in [0.15, 0.2) is 0 Å². The van der Waals surface area contributed by atoms with E-state index in [4.69, 9.17) is 0 Å². The number of hydrogen-bond donors (Lipinski definition) is 1. The minimum Gasteiger partial charge on any atom is -0.316 e. The molecule has 11 heavy (non-hydrogen) atoms. The summed E-state index contributed by atoms with van der Waals surface area (Å²) in [5.74, 6) is 1.36. The standard InChI is InChI=1S/C8H14FN.ClH/c9-8-3-6-1-2-10-5-7(6)4-8;/h6-8,10H,1-5H2;1H. The third-order valence-corrected chi connectivity index (χ3v) is 2.88. The van der Waals surface area contributed by atoms with Gasteiger partial charge in [0, 0.05) is 0 Å². The number of piperidine rings is 1. The first-order valence-electron chi connectivity index (χ1n) is 4.21. The molecule has 1 saturated carbocycles. The molecule has 3 atom stereocenters. The molecule has 2 rings (SSSR count). The lowest BCUT2D eigenvalue weighted by molar-refractivity contribution is 0.295. The van der Waals surface area contributed by atoms with Crippen LogP contribution in [-0.4, -0.2) is 19.3 Å². The zero-order valence-corrected chi connectivity index (χ0v) is 7.37. The summed E-state index contributed by atoms with van der Waals surface area (Å²) in [6.45, 7) is 2.17. The van der Waals surface area contributed by atoms with Crippen molar-refractivity contribution >= 4 is 12.4 Å². The summed E-state index contributed by atoms with van der Waals surface area (Å²) in [6.07, 6.45) is 2.37. The molecule has 66 valence electrons. The number of halogens is 2. The van der Waals surface area contributed by atoms with E-state index in [0.717, 1.165) is 25.9 Å². The first-order valence-corrected chi connectivity index (χ1v) is 4.21. The van der Waals surface area contributed by atoms with Gasteiger partial charge in [0.1, 0.15) is 6.17 Å². The molecule has 0 aromatic rings. The fourth-order valence-electron chi connectivity index (χ4n) is 2.32. The number of nitrogens with one attached hydrogen (secondary N) is 1. The van der Waals surface area contributed by atoms with E-state index in [1.165, 1.54) is 6.42 Å². The fraction of sp³-hybridized carbons (Fsp3) is 1.00. The van der Waals surface area contributed by atoms with E-state index in [0.29, 0.717) is 11.8 Å². The normalized spacial score (nSPS) is 42.8. The molecule has 2 aliphatic rings. The van der Waals surface area contributed by atoms with Crippen molar-refractivity contribution in [3.63, 3.8) is 0 Å². The Labute approximate surface area is 73.2 Å². The van der Waals surface area contributed by atoms with Crippen LogP contribution in [0.2, 0.25) is 0 Å². The summed E-state index contributed by atoms with van der Waals surface area (Å²) >= 11 is 0. The van der Waals surface area contributed by atoms with E-state index in [9.17, 15) is 4.39 Å². The van der Waals surface area contributed by atoms with Crippen LogP contribution in [0.15, 0.2) is 0 Å². The average Bonchev–Trinajstić information content (AvgIpc) is 2.27. The molecule has 1 N–H and O–H groups in total. The molecular weight excluding hydrogens is 165 g/mol. The second-order valence-corrected chi connectivity index (χ2v) is 3.58. The topological polar surface area (TPSA) is 12.0 Å². The van der Waals surface area contributed by atoms with Crippen LogP contribution in [0.4, 0.5) is 4.39 Å². The molecule has 1 heterocycles. The van der Waals surface area contributed by atoms with Gasteiger partial charge < -0.3 is 5.32 Å². The van der Waals surface area contributed by atoms with Crippen LogP contribution in [0.25, 0.3) is 0 Å². The minimum atomic E-state index is -0.491. The van der Waals surface area contributed by atoms with Crippen LogP contribution >= 0.6 is 12.4 Å². The van der Waals surface area contributed by atoms with Crippen molar-refractivity contribution in [3.05, 3.63) is 0 Å². The van der Waals surface area contributed by atoms with Gasteiger partial charge in [0.25, 0.3) is 0 Å². The minimum absolute atomic E-state index is 0. The van der Waals surface area contributed by atoms with E-state index in [2.05, 4.69) is 5.32 Å². The van der Waals surface area contributed by atoms with Gasteiger partial charge in [-0.3, -0.25) is 0 Å². The van der Waals surface area contributed by atoms with E-state index < -0.39 is 6.17 Å². The Hall–Kier alpha value is 0.180. The highest BCUT2D eigenvalue weighted by Crippen LogP contribution is 2.37. The maximum atomic E-state index is 12.8. The molecule has 0 radical (unpaired) electrons. The second-order valence-electron chi connectivity index (χ2n) is 3.58. The molecule has 1 aliphatic carbocycles. The molecule has 0 aromatic heterocycles.